The summed E-state index contributed by atoms with van der Waals surface area (Å²) in [6.07, 6.45) is -0.954. The molecule has 0 radical (unpaired) electrons. The van der Waals surface area contributed by atoms with E-state index in [2.05, 4.69) is 15.6 Å². The van der Waals surface area contributed by atoms with Crippen LogP contribution >= 0.6 is 0 Å². The normalized spacial score (nSPS) is 12.5. The lowest BCUT2D eigenvalue weighted by Gasteiger charge is -2.15. The van der Waals surface area contributed by atoms with E-state index in [9.17, 15) is 18.0 Å². The summed E-state index contributed by atoms with van der Waals surface area (Å²) < 4.78 is 39.1. The van der Waals surface area contributed by atoms with Crippen LogP contribution in [-0.4, -0.2) is 16.9 Å². The van der Waals surface area contributed by atoms with Crippen molar-refractivity contribution in [3.63, 3.8) is 0 Å². The molecule has 0 saturated heterocycles. The van der Waals surface area contributed by atoms with Crippen LogP contribution in [0, 0.1) is 0 Å². The van der Waals surface area contributed by atoms with Gasteiger partial charge in [0.25, 0.3) is 5.91 Å². The second-order valence-corrected chi connectivity index (χ2v) is 5.41. The predicted octanol–water partition coefficient (Wildman–Crippen LogP) is 4.37. The first-order valence-electron chi connectivity index (χ1n) is 7.50. The molecule has 1 aromatic carbocycles. The van der Waals surface area contributed by atoms with Gasteiger partial charge in [-0.05, 0) is 31.5 Å². The highest BCUT2D eigenvalue weighted by Gasteiger charge is 2.33. The van der Waals surface area contributed by atoms with E-state index >= 15 is 0 Å². The molecule has 2 rings (SSSR count). The number of aromatic nitrogens is 1. The number of halogens is 3. The number of hydrogen-bond acceptors (Lipinski definition) is 3. The Kier molecular flexibility index (Phi) is 5.43. The van der Waals surface area contributed by atoms with E-state index in [-0.39, 0.29) is 23.2 Å². The van der Waals surface area contributed by atoms with Crippen molar-refractivity contribution < 1.29 is 18.0 Å². The molecule has 1 atom stereocenters. The number of anilines is 2. The number of pyridine rings is 1. The second kappa shape index (κ2) is 7.33. The number of carbonyl (C=O) groups is 1. The summed E-state index contributed by atoms with van der Waals surface area (Å²) in [6.45, 7) is 3.81. The Labute approximate surface area is 138 Å². The minimum Gasteiger partial charge on any atom is -0.354 e. The van der Waals surface area contributed by atoms with Crippen molar-refractivity contribution in [3.8, 4) is 0 Å². The van der Waals surface area contributed by atoms with Gasteiger partial charge in [-0.2, -0.15) is 13.2 Å². The maximum Gasteiger partial charge on any atom is 0.418 e. The third kappa shape index (κ3) is 4.47. The summed E-state index contributed by atoms with van der Waals surface area (Å²) in [6, 6.07) is 6.62. The summed E-state index contributed by atoms with van der Waals surface area (Å²) in [5.74, 6) is -0.315. The van der Waals surface area contributed by atoms with Gasteiger partial charge in [0.1, 0.15) is 0 Å². The Hall–Kier alpha value is -2.57. The summed E-state index contributed by atoms with van der Waals surface area (Å²) in [4.78, 5) is 16.0. The Morgan fingerprint density at radius 3 is 2.62 bits per heavy atom. The van der Waals surface area contributed by atoms with Crippen molar-refractivity contribution in [3.05, 3.63) is 53.9 Å². The lowest BCUT2D eigenvalue weighted by atomic mass is 10.1. The van der Waals surface area contributed by atoms with Gasteiger partial charge >= 0.3 is 6.18 Å². The van der Waals surface area contributed by atoms with Crippen LogP contribution in [0.2, 0.25) is 0 Å². The molecule has 7 heteroatoms. The zero-order valence-corrected chi connectivity index (χ0v) is 13.3. The molecule has 0 aliphatic rings. The van der Waals surface area contributed by atoms with E-state index in [0.29, 0.717) is 5.69 Å². The third-order valence-corrected chi connectivity index (χ3v) is 3.50. The van der Waals surface area contributed by atoms with Crippen molar-refractivity contribution in [2.24, 2.45) is 0 Å². The number of carbonyl (C=O) groups excluding carboxylic acids is 1. The zero-order chi connectivity index (χ0) is 17.7. The molecule has 1 amide bonds. The molecule has 4 nitrogen and oxygen atoms in total. The maximum absolute atomic E-state index is 13.0. The SMILES string of the molecule is CCC(C)NC(=O)c1cncc(Nc2ccccc2C(F)(F)F)c1. The number of para-hydroxylation sites is 1. The number of nitrogens with one attached hydrogen (secondary N) is 2. The van der Waals surface area contributed by atoms with E-state index in [1.54, 1.807) is 0 Å². The molecule has 128 valence electrons. The van der Waals surface area contributed by atoms with Gasteiger partial charge in [0, 0.05) is 12.2 Å². The molecule has 2 N–H and O–H groups in total. The number of benzene rings is 1. The van der Waals surface area contributed by atoms with Gasteiger partial charge in [0.15, 0.2) is 0 Å². The molecule has 1 heterocycles. The molecule has 0 aliphatic heterocycles. The largest absolute Gasteiger partial charge is 0.418 e. The highest BCUT2D eigenvalue weighted by molar-refractivity contribution is 5.95. The first kappa shape index (κ1) is 17.8. The molecule has 0 aliphatic carbocycles. The van der Waals surface area contributed by atoms with E-state index in [1.165, 1.54) is 36.7 Å². The van der Waals surface area contributed by atoms with Crippen molar-refractivity contribution in [1.29, 1.82) is 0 Å². The van der Waals surface area contributed by atoms with Crippen LogP contribution in [0.1, 0.15) is 36.2 Å². The monoisotopic (exact) mass is 337 g/mol. The highest BCUT2D eigenvalue weighted by Crippen LogP contribution is 2.35. The molecule has 24 heavy (non-hydrogen) atoms. The highest BCUT2D eigenvalue weighted by atomic mass is 19.4. The maximum atomic E-state index is 13.0. The second-order valence-electron chi connectivity index (χ2n) is 5.41. The van der Waals surface area contributed by atoms with Crippen molar-refractivity contribution in [2.45, 2.75) is 32.5 Å². The summed E-state index contributed by atoms with van der Waals surface area (Å²) in [5, 5.41) is 5.46. The van der Waals surface area contributed by atoms with Crippen molar-refractivity contribution >= 4 is 17.3 Å². The topological polar surface area (TPSA) is 54.0 Å². The molecule has 1 aromatic heterocycles. The molecule has 2 aromatic rings. The van der Waals surface area contributed by atoms with Crippen molar-refractivity contribution in [2.75, 3.05) is 5.32 Å². The van der Waals surface area contributed by atoms with Crippen LogP contribution in [0.3, 0.4) is 0 Å². The molecule has 0 saturated carbocycles. The van der Waals surface area contributed by atoms with Crippen LogP contribution in [0.15, 0.2) is 42.7 Å². The Morgan fingerprint density at radius 1 is 1.25 bits per heavy atom. The predicted molar refractivity (Wildman–Crippen MR) is 86.2 cm³/mol. The van der Waals surface area contributed by atoms with E-state index in [0.717, 1.165) is 12.5 Å². The first-order valence-corrected chi connectivity index (χ1v) is 7.50. The van der Waals surface area contributed by atoms with Crippen molar-refractivity contribution in [1.82, 2.24) is 10.3 Å². The first-order chi connectivity index (χ1) is 11.3. The van der Waals surface area contributed by atoms with E-state index < -0.39 is 11.7 Å². The van der Waals surface area contributed by atoms with Crippen LogP contribution in [0.5, 0.6) is 0 Å². The summed E-state index contributed by atoms with van der Waals surface area (Å²) in [5.41, 5.74) is -0.279. The lowest BCUT2D eigenvalue weighted by Crippen LogP contribution is -2.32. The van der Waals surface area contributed by atoms with Gasteiger partial charge in [0.2, 0.25) is 0 Å². The fourth-order valence-electron chi connectivity index (χ4n) is 2.04. The molecule has 1 unspecified atom stereocenters. The summed E-state index contributed by atoms with van der Waals surface area (Å²) in [7, 11) is 0. The van der Waals surface area contributed by atoms with Crippen LogP contribution in [0.25, 0.3) is 0 Å². The number of amides is 1. The molecule has 0 bridgehead atoms. The standard InChI is InChI=1S/C17H18F3N3O/c1-3-11(2)22-16(24)12-8-13(10-21-9-12)23-15-7-5-4-6-14(15)17(18,19)20/h4-11,23H,3H2,1-2H3,(H,22,24). The Morgan fingerprint density at radius 2 is 1.96 bits per heavy atom. The van der Waals surface area contributed by atoms with Crippen LogP contribution in [0.4, 0.5) is 24.5 Å². The average molecular weight is 337 g/mol. The summed E-state index contributed by atoms with van der Waals surface area (Å²) >= 11 is 0. The smallest absolute Gasteiger partial charge is 0.354 e. The van der Waals surface area contributed by atoms with Gasteiger partial charge in [-0.1, -0.05) is 19.1 Å². The van der Waals surface area contributed by atoms with Gasteiger partial charge in [-0.3, -0.25) is 9.78 Å². The number of alkyl halides is 3. The number of hydrogen-bond donors (Lipinski definition) is 2. The molecule has 0 spiro atoms. The van der Waals surface area contributed by atoms with E-state index in [1.807, 2.05) is 13.8 Å². The van der Waals surface area contributed by atoms with Gasteiger partial charge in [-0.25, -0.2) is 0 Å². The van der Waals surface area contributed by atoms with Gasteiger partial charge in [0.05, 0.1) is 28.7 Å². The van der Waals surface area contributed by atoms with Gasteiger partial charge in [-0.15, -0.1) is 0 Å². The minimum absolute atomic E-state index is 0.0000655. The third-order valence-electron chi connectivity index (χ3n) is 3.50. The Balaban J connectivity index is 2.23. The molecule has 0 fully saturated rings. The molecular formula is C17H18F3N3O. The minimum atomic E-state index is -4.47. The lowest BCUT2D eigenvalue weighted by molar-refractivity contribution is -0.136. The van der Waals surface area contributed by atoms with Gasteiger partial charge < -0.3 is 10.6 Å². The number of rotatable bonds is 5. The fraction of sp³-hybridized carbons (Fsp3) is 0.294. The van der Waals surface area contributed by atoms with Crippen LogP contribution in [-0.2, 0) is 6.18 Å². The average Bonchev–Trinajstić information content (AvgIpc) is 2.54. The molecular weight excluding hydrogens is 319 g/mol. The zero-order valence-electron chi connectivity index (χ0n) is 13.3. The van der Waals surface area contributed by atoms with Crippen LogP contribution < -0.4 is 10.6 Å². The fourth-order valence-corrected chi connectivity index (χ4v) is 2.04. The quantitative estimate of drug-likeness (QED) is 0.852. The van der Waals surface area contributed by atoms with E-state index in [4.69, 9.17) is 0 Å². The Bertz CT molecular complexity index is 716. The number of nitrogens with zero attached hydrogens (tertiary/aromatic N) is 1.